The standard InChI is InChI=1S/C27H27ClN2O3/c1-17-7-4-5-8-21(17)26(31)29-20-11-12-22(18(2)15-20)27(32)30-14-6-9-25(33-3)23-16-19(28)10-13-24(23)30/h4-5,7-8,10-13,15-16,25H,6,9,14H2,1-3H3,(H,29,31)/t25-/m1/s1. The van der Waals surface area contributed by atoms with Gasteiger partial charge in [0.25, 0.3) is 11.8 Å². The van der Waals surface area contributed by atoms with Crippen molar-refractivity contribution >= 4 is 34.8 Å². The molecule has 1 aliphatic rings. The third-order valence-corrected chi connectivity index (χ3v) is 6.34. The molecular formula is C27H27ClN2O3. The zero-order valence-electron chi connectivity index (χ0n) is 19.0. The summed E-state index contributed by atoms with van der Waals surface area (Å²) in [6.45, 7) is 4.38. The van der Waals surface area contributed by atoms with Crippen LogP contribution in [0, 0.1) is 13.8 Å². The van der Waals surface area contributed by atoms with Crippen LogP contribution in [0.1, 0.15) is 56.4 Å². The molecule has 2 amide bonds. The lowest BCUT2D eigenvalue weighted by Gasteiger charge is -2.25. The van der Waals surface area contributed by atoms with Crippen molar-refractivity contribution in [3.8, 4) is 0 Å². The quantitative estimate of drug-likeness (QED) is 0.492. The summed E-state index contributed by atoms with van der Waals surface area (Å²) in [4.78, 5) is 28.1. The van der Waals surface area contributed by atoms with Gasteiger partial charge in [-0.2, -0.15) is 0 Å². The Morgan fingerprint density at radius 2 is 1.79 bits per heavy atom. The monoisotopic (exact) mass is 462 g/mol. The van der Waals surface area contributed by atoms with Crippen LogP contribution in [-0.4, -0.2) is 25.5 Å². The fourth-order valence-electron chi connectivity index (χ4n) is 4.35. The molecule has 0 saturated carbocycles. The van der Waals surface area contributed by atoms with E-state index in [4.69, 9.17) is 16.3 Å². The fraction of sp³-hybridized carbons (Fsp3) is 0.259. The predicted octanol–water partition coefficient (Wildman–Crippen LogP) is 6.34. The van der Waals surface area contributed by atoms with Gasteiger partial charge in [0.1, 0.15) is 0 Å². The Balaban J connectivity index is 1.60. The third kappa shape index (κ3) is 4.80. The number of anilines is 2. The zero-order valence-corrected chi connectivity index (χ0v) is 19.8. The molecule has 0 saturated heterocycles. The summed E-state index contributed by atoms with van der Waals surface area (Å²) in [7, 11) is 1.68. The van der Waals surface area contributed by atoms with Gasteiger partial charge in [-0.25, -0.2) is 0 Å². The van der Waals surface area contributed by atoms with E-state index in [0.29, 0.717) is 28.4 Å². The van der Waals surface area contributed by atoms with Gasteiger partial charge in [-0.1, -0.05) is 29.8 Å². The van der Waals surface area contributed by atoms with Crippen molar-refractivity contribution in [3.05, 3.63) is 93.5 Å². The molecule has 0 unspecified atom stereocenters. The SMILES string of the molecule is CO[C@@H]1CCCN(C(=O)c2ccc(NC(=O)c3ccccc3C)cc2C)c2ccc(Cl)cc21. The molecule has 1 N–H and O–H groups in total. The van der Waals surface area contributed by atoms with Crippen molar-refractivity contribution in [2.45, 2.75) is 32.8 Å². The number of fused-ring (bicyclic) bond motifs is 1. The number of carbonyl (C=O) groups is 2. The van der Waals surface area contributed by atoms with Crippen molar-refractivity contribution in [1.82, 2.24) is 0 Å². The zero-order chi connectivity index (χ0) is 23.5. The number of nitrogens with one attached hydrogen (secondary N) is 1. The Morgan fingerprint density at radius 3 is 2.52 bits per heavy atom. The van der Waals surface area contributed by atoms with E-state index in [1.807, 2.05) is 50.2 Å². The van der Waals surface area contributed by atoms with Gasteiger partial charge in [0, 0.05) is 46.7 Å². The number of methoxy groups -OCH3 is 1. The summed E-state index contributed by atoms with van der Waals surface area (Å²) >= 11 is 6.24. The Morgan fingerprint density at radius 1 is 1.00 bits per heavy atom. The number of aryl methyl sites for hydroxylation is 2. The Bertz CT molecular complexity index is 1210. The van der Waals surface area contributed by atoms with Crippen LogP contribution >= 0.6 is 11.6 Å². The molecule has 0 bridgehead atoms. The first-order valence-electron chi connectivity index (χ1n) is 11.0. The lowest BCUT2D eigenvalue weighted by Crippen LogP contribution is -2.32. The molecule has 3 aromatic rings. The van der Waals surface area contributed by atoms with E-state index in [-0.39, 0.29) is 17.9 Å². The van der Waals surface area contributed by atoms with E-state index >= 15 is 0 Å². The maximum atomic E-state index is 13.6. The van der Waals surface area contributed by atoms with Gasteiger partial charge in [0.15, 0.2) is 0 Å². The molecule has 0 radical (unpaired) electrons. The molecule has 5 nitrogen and oxygen atoms in total. The third-order valence-electron chi connectivity index (χ3n) is 6.11. The second kappa shape index (κ2) is 9.77. The molecule has 3 aromatic carbocycles. The highest BCUT2D eigenvalue weighted by Crippen LogP contribution is 2.37. The minimum atomic E-state index is -0.171. The molecule has 1 aliphatic heterocycles. The summed E-state index contributed by atoms with van der Waals surface area (Å²) < 4.78 is 5.67. The molecule has 0 fully saturated rings. The fourth-order valence-corrected chi connectivity index (χ4v) is 4.53. The number of amides is 2. The van der Waals surface area contributed by atoms with E-state index in [2.05, 4.69) is 5.32 Å². The highest BCUT2D eigenvalue weighted by atomic mass is 35.5. The topological polar surface area (TPSA) is 58.6 Å². The molecule has 4 rings (SSSR count). The maximum Gasteiger partial charge on any atom is 0.258 e. The molecule has 0 aliphatic carbocycles. The number of carbonyl (C=O) groups excluding carboxylic acids is 2. The highest BCUT2D eigenvalue weighted by molar-refractivity contribution is 6.30. The first-order chi connectivity index (χ1) is 15.9. The summed E-state index contributed by atoms with van der Waals surface area (Å²) in [6, 6.07) is 18.4. The van der Waals surface area contributed by atoms with Crippen LogP contribution in [0.2, 0.25) is 5.02 Å². The largest absolute Gasteiger partial charge is 0.377 e. The van der Waals surface area contributed by atoms with Gasteiger partial charge in [-0.05, 0) is 80.3 Å². The van der Waals surface area contributed by atoms with Crippen LogP contribution < -0.4 is 10.2 Å². The van der Waals surface area contributed by atoms with Crippen LogP contribution in [0.4, 0.5) is 11.4 Å². The molecule has 0 aromatic heterocycles. The Labute approximate surface area is 199 Å². The molecule has 0 spiro atoms. The van der Waals surface area contributed by atoms with Crippen molar-refractivity contribution < 1.29 is 14.3 Å². The van der Waals surface area contributed by atoms with Crippen LogP contribution in [0.15, 0.2) is 60.7 Å². The number of benzene rings is 3. The number of hydrogen-bond donors (Lipinski definition) is 1. The molecule has 33 heavy (non-hydrogen) atoms. The first kappa shape index (κ1) is 23.0. The van der Waals surface area contributed by atoms with Crippen molar-refractivity contribution in [2.75, 3.05) is 23.9 Å². The van der Waals surface area contributed by atoms with Gasteiger partial charge in [0.2, 0.25) is 0 Å². The number of halogens is 1. The molecule has 1 atom stereocenters. The normalized spacial score (nSPS) is 15.5. The number of nitrogens with zero attached hydrogens (tertiary/aromatic N) is 1. The summed E-state index contributed by atoms with van der Waals surface area (Å²) in [6.07, 6.45) is 1.54. The second-order valence-electron chi connectivity index (χ2n) is 8.33. The number of hydrogen-bond acceptors (Lipinski definition) is 3. The van der Waals surface area contributed by atoms with E-state index in [0.717, 1.165) is 35.2 Å². The molecule has 1 heterocycles. The second-order valence-corrected chi connectivity index (χ2v) is 8.76. The van der Waals surface area contributed by atoms with Gasteiger partial charge in [-0.15, -0.1) is 0 Å². The van der Waals surface area contributed by atoms with Gasteiger partial charge in [-0.3, -0.25) is 9.59 Å². The minimum absolute atomic E-state index is 0.0791. The Hall–Kier alpha value is -3.15. The molecule has 6 heteroatoms. The van der Waals surface area contributed by atoms with Crippen LogP contribution in [-0.2, 0) is 4.74 Å². The van der Waals surface area contributed by atoms with Crippen molar-refractivity contribution in [3.63, 3.8) is 0 Å². The van der Waals surface area contributed by atoms with E-state index in [1.165, 1.54) is 0 Å². The lowest BCUT2D eigenvalue weighted by molar-refractivity contribution is 0.0960. The first-order valence-corrected chi connectivity index (χ1v) is 11.4. The van der Waals surface area contributed by atoms with E-state index in [9.17, 15) is 9.59 Å². The number of rotatable bonds is 4. The van der Waals surface area contributed by atoms with Crippen molar-refractivity contribution in [2.24, 2.45) is 0 Å². The van der Waals surface area contributed by atoms with E-state index < -0.39 is 0 Å². The number of ether oxygens (including phenoxy) is 1. The average Bonchev–Trinajstić information content (AvgIpc) is 2.98. The van der Waals surface area contributed by atoms with Gasteiger partial charge in [0.05, 0.1) is 6.10 Å². The van der Waals surface area contributed by atoms with Crippen LogP contribution in [0.3, 0.4) is 0 Å². The minimum Gasteiger partial charge on any atom is -0.377 e. The molecule has 170 valence electrons. The smallest absolute Gasteiger partial charge is 0.258 e. The Kier molecular flexibility index (Phi) is 6.82. The van der Waals surface area contributed by atoms with Crippen molar-refractivity contribution in [1.29, 1.82) is 0 Å². The summed E-state index contributed by atoms with van der Waals surface area (Å²) in [5, 5.41) is 3.56. The lowest BCUT2D eigenvalue weighted by atomic mass is 10.0. The van der Waals surface area contributed by atoms with Gasteiger partial charge >= 0.3 is 0 Å². The predicted molar refractivity (Wildman–Crippen MR) is 132 cm³/mol. The van der Waals surface area contributed by atoms with E-state index in [1.54, 1.807) is 36.3 Å². The molecular weight excluding hydrogens is 436 g/mol. The van der Waals surface area contributed by atoms with Crippen LogP contribution in [0.25, 0.3) is 0 Å². The maximum absolute atomic E-state index is 13.6. The summed E-state index contributed by atoms with van der Waals surface area (Å²) in [5.41, 5.74) is 5.34. The highest BCUT2D eigenvalue weighted by Gasteiger charge is 2.28. The average molecular weight is 463 g/mol. The van der Waals surface area contributed by atoms with Crippen LogP contribution in [0.5, 0.6) is 0 Å². The summed E-state index contributed by atoms with van der Waals surface area (Å²) in [5.74, 6) is -0.250. The van der Waals surface area contributed by atoms with Gasteiger partial charge < -0.3 is 15.0 Å².